The van der Waals surface area contributed by atoms with Gasteiger partial charge in [-0.3, -0.25) is 0 Å². The van der Waals surface area contributed by atoms with E-state index in [2.05, 4.69) is 0 Å². The molecule has 0 aromatic rings. The van der Waals surface area contributed by atoms with Gasteiger partial charge in [0.05, 0.1) is 0 Å². The highest BCUT2D eigenvalue weighted by molar-refractivity contribution is 7.96. The van der Waals surface area contributed by atoms with Crippen molar-refractivity contribution in [3.63, 3.8) is 0 Å². The highest BCUT2D eigenvalue weighted by Crippen LogP contribution is 2.18. The zero-order chi connectivity index (χ0) is 8.20. The Morgan fingerprint density at radius 2 is 1.50 bits per heavy atom. The smallest absolute Gasteiger partial charge is 0.166 e. The van der Waals surface area contributed by atoms with Gasteiger partial charge in [-0.2, -0.15) is 13.2 Å². The summed E-state index contributed by atoms with van der Waals surface area (Å²) < 4.78 is 35.1. The molecule has 0 saturated carbocycles. The van der Waals surface area contributed by atoms with Crippen molar-refractivity contribution >= 4 is 10.9 Å². The third-order valence-corrected chi connectivity index (χ3v) is 3.55. The van der Waals surface area contributed by atoms with E-state index in [1.165, 1.54) is 0 Å². The number of rotatable bonds is 3. The molecule has 0 heterocycles. The Labute approximate surface area is 62.2 Å². The lowest BCUT2D eigenvalue weighted by atomic mass is 10.8. The van der Waals surface area contributed by atoms with Crippen LogP contribution in [0.5, 0.6) is 0 Å². The van der Waals surface area contributed by atoms with Gasteiger partial charge >= 0.3 is 6.18 Å². The van der Waals surface area contributed by atoms with E-state index in [1.54, 1.807) is 13.8 Å². The van der Waals surface area contributed by atoms with Gasteiger partial charge in [0.15, 0.2) is 0 Å². The van der Waals surface area contributed by atoms with Crippen molar-refractivity contribution in [2.45, 2.75) is 20.0 Å². The van der Waals surface area contributed by atoms with Crippen molar-refractivity contribution in [2.75, 3.05) is 17.3 Å². The Hall–Kier alpha value is 0.140. The maximum Gasteiger partial charge on any atom is 0.433 e. The third-order valence-electron chi connectivity index (χ3n) is 1.18. The summed E-state index contributed by atoms with van der Waals surface area (Å²) in [6.07, 6.45) is -3.96. The number of halogens is 3. The van der Waals surface area contributed by atoms with Crippen molar-refractivity contribution in [2.24, 2.45) is 0 Å². The molecule has 0 aromatic heterocycles. The van der Waals surface area contributed by atoms with Crippen LogP contribution in [-0.2, 0) is 10.9 Å². The molecule has 4 heteroatoms. The fourth-order valence-electron chi connectivity index (χ4n) is 0.640. The molecule has 62 valence electrons. The maximum absolute atomic E-state index is 11.7. The van der Waals surface area contributed by atoms with E-state index in [0.717, 1.165) is 0 Å². The van der Waals surface area contributed by atoms with Crippen LogP contribution in [0.15, 0.2) is 0 Å². The predicted octanol–water partition coefficient (Wildman–Crippen LogP) is 2.21. The Morgan fingerprint density at radius 3 is 1.60 bits per heavy atom. The summed E-state index contributed by atoms with van der Waals surface area (Å²) in [4.78, 5) is 0. The summed E-state index contributed by atoms with van der Waals surface area (Å²) in [5.41, 5.74) is 0. The zero-order valence-electron chi connectivity index (χ0n) is 6.16. The molecule has 0 unspecified atom stereocenters. The normalized spacial score (nSPS) is 12.6. The Balaban J connectivity index is 3.63. The number of hydrogen-bond acceptors (Lipinski definition) is 0. The molecule has 0 fully saturated rings. The van der Waals surface area contributed by atoms with E-state index in [4.69, 9.17) is 0 Å². The summed E-state index contributed by atoms with van der Waals surface area (Å²) in [5, 5.41) is 0. The number of alkyl halides is 3. The van der Waals surface area contributed by atoms with Gasteiger partial charge in [0.2, 0.25) is 5.75 Å². The van der Waals surface area contributed by atoms with Gasteiger partial charge in [-0.25, -0.2) is 0 Å². The quantitative estimate of drug-likeness (QED) is 0.574. The van der Waals surface area contributed by atoms with Crippen LogP contribution >= 0.6 is 0 Å². The molecule has 0 aliphatic heterocycles. The molecule has 0 aromatic carbocycles. The molecule has 0 rings (SSSR count). The molecule has 0 amide bonds. The summed E-state index contributed by atoms with van der Waals surface area (Å²) in [6, 6.07) is 0. The Morgan fingerprint density at radius 1 is 1.10 bits per heavy atom. The fourth-order valence-corrected chi connectivity index (χ4v) is 1.92. The molecular formula is C6H12F3S+. The van der Waals surface area contributed by atoms with Gasteiger partial charge in [0.25, 0.3) is 0 Å². The van der Waals surface area contributed by atoms with Gasteiger partial charge in [-0.05, 0) is 24.7 Å². The average molecular weight is 173 g/mol. The van der Waals surface area contributed by atoms with Crippen LogP contribution in [0.3, 0.4) is 0 Å². The minimum atomic E-state index is -3.96. The molecule has 0 aliphatic carbocycles. The monoisotopic (exact) mass is 173 g/mol. The topological polar surface area (TPSA) is 0 Å². The summed E-state index contributed by atoms with van der Waals surface area (Å²) in [6.45, 7) is 3.61. The molecule has 0 atom stereocenters. The molecule has 0 saturated heterocycles. The Bertz CT molecular complexity index is 85.5. The van der Waals surface area contributed by atoms with Gasteiger partial charge in [-0.1, -0.05) is 0 Å². The van der Waals surface area contributed by atoms with Crippen LogP contribution in [0, 0.1) is 0 Å². The first kappa shape index (κ1) is 10.1. The second-order valence-electron chi connectivity index (χ2n) is 1.95. The third kappa shape index (κ3) is 4.97. The molecule has 0 N–H and O–H groups in total. The lowest BCUT2D eigenvalue weighted by Crippen LogP contribution is -2.25. The van der Waals surface area contributed by atoms with Gasteiger partial charge in [-0.15, -0.1) is 0 Å². The van der Waals surface area contributed by atoms with E-state index >= 15 is 0 Å². The molecule has 0 spiro atoms. The van der Waals surface area contributed by atoms with Crippen LogP contribution in [0.2, 0.25) is 0 Å². The van der Waals surface area contributed by atoms with Crippen molar-refractivity contribution in [3.05, 3.63) is 0 Å². The van der Waals surface area contributed by atoms with Crippen LogP contribution in [-0.4, -0.2) is 23.4 Å². The standard InChI is InChI=1S/C6H12F3S/c1-3-10(4-2)5-6(7,8)9/h3-5H2,1-2H3/q+1. The summed E-state index contributed by atoms with van der Waals surface area (Å²) in [5.74, 6) is 0.700. The van der Waals surface area contributed by atoms with E-state index in [0.29, 0.717) is 11.5 Å². The maximum atomic E-state index is 11.7. The first-order valence-corrected chi connectivity index (χ1v) is 4.93. The Kier molecular flexibility index (Phi) is 4.17. The first-order valence-electron chi connectivity index (χ1n) is 3.20. The highest BCUT2D eigenvalue weighted by atomic mass is 32.2. The largest absolute Gasteiger partial charge is 0.433 e. The highest BCUT2D eigenvalue weighted by Gasteiger charge is 2.36. The number of hydrogen-bond donors (Lipinski definition) is 0. The molecule has 0 bridgehead atoms. The van der Waals surface area contributed by atoms with Gasteiger partial charge in [0, 0.05) is 0 Å². The van der Waals surface area contributed by atoms with Crippen LogP contribution in [0.1, 0.15) is 13.8 Å². The van der Waals surface area contributed by atoms with E-state index < -0.39 is 22.8 Å². The summed E-state index contributed by atoms with van der Waals surface area (Å²) in [7, 11) is -0.433. The van der Waals surface area contributed by atoms with Crippen molar-refractivity contribution in [3.8, 4) is 0 Å². The van der Waals surface area contributed by atoms with E-state index in [1.807, 2.05) is 0 Å². The first-order chi connectivity index (χ1) is 4.49. The minimum Gasteiger partial charge on any atom is -0.166 e. The second-order valence-corrected chi connectivity index (χ2v) is 4.62. The van der Waals surface area contributed by atoms with Crippen molar-refractivity contribution in [1.82, 2.24) is 0 Å². The SMILES string of the molecule is CC[S+](CC)CC(F)(F)F. The lowest BCUT2D eigenvalue weighted by Gasteiger charge is -2.06. The molecule has 0 nitrogen and oxygen atoms in total. The van der Waals surface area contributed by atoms with E-state index in [9.17, 15) is 13.2 Å². The van der Waals surface area contributed by atoms with Crippen LogP contribution in [0.25, 0.3) is 0 Å². The zero-order valence-corrected chi connectivity index (χ0v) is 6.98. The van der Waals surface area contributed by atoms with E-state index in [-0.39, 0.29) is 0 Å². The van der Waals surface area contributed by atoms with Crippen LogP contribution < -0.4 is 0 Å². The fraction of sp³-hybridized carbons (Fsp3) is 1.00. The van der Waals surface area contributed by atoms with Crippen molar-refractivity contribution in [1.29, 1.82) is 0 Å². The minimum absolute atomic E-state index is 0.433. The summed E-state index contributed by atoms with van der Waals surface area (Å²) >= 11 is 0. The molecule has 0 radical (unpaired) electrons. The van der Waals surface area contributed by atoms with Crippen LogP contribution in [0.4, 0.5) is 13.2 Å². The molecular weight excluding hydrogens is 161 g/mol. The van der Waals surface area contributed by atoms with Gasteiger partial charge < -0.3 is 0 Å². The average Bonchev–Trinajstić information content (AvgIpc) is 1.81. The molecule has 10 heavy (non-hydrogen) atoms. The predicted molar refractivity (Wildman–Crippen MR) is 39.4 cm³/mol. The second kappa shape index (κ2) is 4.11. The van der Waals surface area contributed by atoms with Gasteiger partial charge in [0.1, 0.15) is 11.5 Å². The molecule has 0 aliphatic rings. The lowest BCUT2D eigenvalue weighted by molar-refractivity contribution is -0.105. The van der Waals surface area contributed by atoms with Crippen molar-refractivity contribution < 1.29 is 13.2 Å².